The van der Waals surface area contributed by atoms with Gasteiger partial charge in [-0.15, -0.1) is 0 Å². The van der Waals surface area contributed by atoms with Crippen molar-refractivity contribution in [3.8, 4) is 0 Å². The van der Waals surface area contributed by atoms with Crippen LogP contribution in [0, 0.1) is 0 Å². The molecule has 0 heterocycles. The van der Waals surface area contributed by atoms with E-state index in [1.807, 2.05) is 0 Å². The van der Waals surface area contributed by atoms with Crippen LogP contribution in [0.4, 0.5) is 0 Å². The molecule has 0 radical (unpaired) electrons. The van der Waals surface area contributed by atoms with Crippen LogP contribution in [0.3, 0.4) is 0 Å². The third kappa shape index (κ3) is 55200. The largest absolute Gasteiger partial charge is 0.394 e. The van der Waals surface area contributed by atoms with Gasteiger partial charge in [0.1, 0.15) is 0 Å². The summed E-state index contributed by atoms with van der Waals surface area (Å²) in [5.41, 5.74) is 0. The minimum absolute atomic E-state index is 0. The van der Waals surface area contributed by atoms with Crippen LogP contribution in [-0.2, 0) is 26.9 Å². The predicted octanol–water partition coefficient (Wildman–Crippen LogP) is 0.317. The first-order valence-electron chi connectivity index (χ1n) is 0.698. The second-order valence-electron chi connectivity index (χ2n) is 0.448. The zero-order valence-corrected chi connectivity index (χ0v) is 8.48. The smallest absolute Gasteiger partial charge is 0.344 e. The first-order valence-corrected chi connectivity index (χ1v) is 2.10. The summed E-state index contributed by atoms with van der Waals surface area (Å²) in [6, 6.07) is 0. The van der Waals surface area contributed by atoms with E-state index in [0.29, 0.717) is 0 Å². The first kappa shape index (κ1) is 88.2. The summed E-state index contributed by atoms with van der Waals surface area (Å²) in [6.07, 6.45) is 0. The minimum atomic E-state index is -4.67. The number of hydrogen-bond donors (Lipinski definition) is 8. The Morgan fingerprint density at radius 2 is 0.667 bits per heavy atom. The molecule has 0 aromatic carbocycles. The van der Waals surface area contributed by atoms with Crippen LogP contribution in [0.5, 0.6) is 0 Å². The van der Waals surface area contributed by atoms with E-state index in [9.17, 15) is 0 Å². The molecule has 0 spiro atoms. The number of hydrogen-bond acceptors (Lipinski definition) is 8. The van der Waals surface area contributed by atoms with Gasteiger partial charge in [-0.25, -0.2) is 0 Å². The monoisotopic (exact) mass is 258 g/mol. The zero-order chi connectivity index (χ0) is 4.50. The molecule has 0 amide bonds. The van der Waals surface area contributed by atoms with Crippen molar-refractivity contribution in [2.24, 2.45) is 0 Å². The molecular weight excluding hydrogens is 239 g/mol. The van der Waals surface area contributed by atoms with Gasteiger partial charge in [0, 0.05) is 16.5 Å². The Labute approximate surface area is 81.9 Å². The van der Waals surface area contributed by atoms with E-state index in [1.54, 1.807) is 0 Å². The molecule has 0 aromatic rings. The number of rotatable bonds is 0. The van der Waals surface area contributed by atoms with Crippen LogP contribution in [0.1, 0.15) is 0 Å². The summed E-state index contributed by atoms with van der Waals surface area (Å²) in [5, 5.41) is 0. The van der Waals surface area contributed by atoms with Crippen molar-refractivity contribution in [1.82, 2.24) is 36.9 Å². The maximum Gasteiger partial charge on any atom is 0.394 e. The Bertz CT molecular complexity index is 103. The average Bonchev–Trinajstić information content (AvgIpc) is 0.722. The van der Waals surface area contributed by atoms with Crippen molar-refractivity contribution >= 4 is 10.4 Å². The van der Waals surface area contributed by atoms with Gasteiger partial charge in [0.05, 0.1) is 0 Å². The summed E-state index contributed by atoms with van der Waals surface area (Å²) in [5.74, 6) is 0. The van der Waals surface area contributed by atoms with Crippen LogP contribution >= 0.6 is 0 Å². The molecule has 0 aliphatic heterocycles. The molecule has 0 unspecified atom stereocenters. The van der Waals surface area contributed by atoms with Gasteiger partial charge in [0.25, 0.3) is 0 Å². The van der Waals surface area contributed by atoms with Gasteiger partial charge >= 0.3 is 10.4 Å². The standard InChI is InChI=1S/6H3N.Ni.H2O4S/c;;;;;;;1-5(2,3)4/h6*1H3;;(H2,1,2,3,4). The molecule has 12 heteroatoms. The molecule has 0 saturated carbocycles. The van der Waals surface area contributed by atoms with Crippen LogP contribution in [0.15, 0.2) is 0 Å². The van der Waals surface area contributed by atoms with Crippen molar-refractivity contribution < 1.29 is 34.0 Å². The van der Waals surface area contributed by atoms with Gasteiger partial charge in [-0.05, 0) is 0 Å². The average molecular weight is 259 g/mol. The Balaban J connectivity index is -0.00000000381. The van der Waals surface area contributed by atoms with Crippen LogP contribution in [0.25, 0.3) is 0 Å². The molecule has 0 aliphatic rings. The van der Waals surface area contributed by atoms with Crippen LogP contribution < -0.4 is 36.9 Å². The van der Waals surface area contributed by atoms with Gasteiger partial charge in [0.2, 0.25) is 0 Å². The fourth-order valence-corrected chi connectivity index (χ4v) is 0. The maximum absolute atomic E-state index is 8.74. The van der Waals surface area contributed by atoms with Crippen molar-refractivity contribution in [3.63, 3.8) is 0 Å². The fraction of sp³-hybridized carbons (Fsp3) is 0. The quantitative estimate of drug-likeness (QED) is 0.217. The molecule has 12 heavy (non-hydrogen) atoms. The molecule has 20 N–H and O–H groups in total. The Morgan fingerprint density at radius 1 is 0.667 bits per heavy atom. The Kier molecular flexibility index (Phi) is 224. The van der Waals surface area contributed by atoms with Crippen molar-refractivity contribution in [3.05, 3.63) is 0 Å². The van der Waals surface area contributed by atoms with Crippen LogP contribution in [0.2, 0.25) is 0 Å². The van der Waals surface area contributed by atoms with Crippen molar-refractivity contribution in [1.29, 1.82) is 0 Å². The van der Waals surface area contributed by atoms with Gasteiger partial charge in [-0.3, -0.25) is 9.11 Å². The summed E-state index contributed by atoms with van der Waals surface area (Å²) in [6.45, 7) is 0. The fourth-order valence-electron chi connectivity index (χ4n) is 0. The van der Waals surface area contributed by atoms with E-state index >= 15 is 0 Å². The van der Waals surface area contributed by atoms with E-state index in [-0.39, 0.29) is 53.4 Å². The summed E-state index contributed by atoms with van der Waals surface area (Å²) in [7, 11) is -4.67. The summed E-state index contributed by atoms with van der Waals surface area (Å²) < 4.78 is 31.6. The summed E-state index contributed by atoms with van der Waals surface area (Å²) in [4.78, 5) is 0. The Hall–Kier alpha value is 0.124. The molecule has 0 atom stereocenters. The van der Waals surface area contributed by atoms with Crippen LogP contribution in [-0.4, -0.2) is 17.5 Å². The van der Waals surface area contributed by atoms with E-state index in [4.69, 9.17) is 17.5 Å². The Morgan fingerprint density at radius 3 is 0.667 bits per heavy atom. The van der Waals surface area contributed by atoms with Crippen molar-refractivity contribution in [2.75, 3.05) is 0 Å². The third-order valence-electron chi connectivity index (χ3n) is 0. The maximum atomic E-state index is 8.74. The molecule has 0 fully saturated rings. The third-order valence-corrected chi connectivity index (χ3v) is 0. The minimum Gasteiger partial charge on any atom is -0.344 e. The van der Waals surface area contributed by atoms with E-state index in [1.165, 1.54) is 0 Å². The van der Waals surface area contributed by atoms with Crippen molar-refractivity contribution in [2.45, 2.75) is 0 Å². The molecule has 10 nitrogen and oxygen atoms in total. The van der Waals surface area contributed by atoms with Gasteiger partial charge < -0.3 is 36.9 Å². The summed E-state index contributed by atoms with van der Waals surface area (Å²) >= 11 is 0. The predicted molar refractivity (Wildman–Crippen MR) is 44.3 cm³/mol. The van der Waals surface area contributed by atoms with Gasteiger partial charge in [-0.1, -0.05) is 0 Å². The van der Waals surface area contributed by atoms with Gasteiger partial charge in [-0.2, -0.15) is 8.42 Å². The normalized spacial score (nSPS) is 4.83. The molecule has 0 rings (SSSR count). The SMILES string of the molecule is N.N.N.N.N.N.O=S(=O)(O)O.[Ni]. The molecule has 0 bridgehead atoms. The van der Waals surface area contributed by atoms with E-state index in [2.05, 4.69) is 0 Å². The van der Waals surface area contributed by atoms with E-state index < -0.39 is 10.4 Å². The molecular formula is H20N6NiO4S. The van der Waals surface area contributed by atoms with E-state index in [0.717, 1.165) is 0 Å². The second kappa shape index (κ2) is 30.4. The first-order chi connectivity index (χ1) is 2.00. The molecule has 90 valence electrons. The molecule has 0 aromatic heterocycles. The molecule has 0 aliphatic carbocycles. The molecule has 0 saturated heterocycles. The zero-order valence-electron chi connectivity index (χ0n) is 6.68. The second-order valence-corrected chi connectivity index (χ2v) is 1.34. The van der Waals surface area contributed by atoms with Gasteiger partial charge in [0.15, 0.2) is 0 Å². The topological polar surface area (TPSA) is 285 Å².